The van der Waals surface area contributed by atoms with Crippen LogP contribution in [-0.4, -0.2) is 23.4 Å². The van der Waals surface area contributed by atoms with Crippen molar-refractivity contribution in [2.45, 2.75) is 20.3 Å². The third-order valence-corrected chi connectivity index (χ3v) is 4.41. The Morgan fingerprint density at radius 1 is 0.929 bits per heavy atom. The van der Waals surface area contributed by atoms with Crippen molar-refractivity contribution in [2.24, 2.45) is 5.10 Å². The van der Waals surface area contributed by atoms with Crippen LogP contribution in [0, 0.1) is 6.92 Å². The van der Waals surface area contributed by atoms with Crippen LogP contribution in [0.15, 0.2) is 47.6 Å². The van der Waals surface area contributed by atoms with E-state index in [1.165, 1.54) is 0 Å². The molecule has 2 aromatic rings. The SMILES string of the molecule is C/C(CC(=O)Nc1cccc(Cl)c1Cl)=N\NC(=O)C(=O)Nc1ccccc1C. The van der Waals surface area contributed by atoms with Gasteiger partial charge in [-0.1, -0.05) is 47.5 Å². The molecular formula is C19H18Cl2N4O3. The van der Waals surface area contributed by atoms with Gasteiger partial charge in [-0.3, -0.25) is 14.4 Å². The maximum absolute atomic E-state index is 12.1. The standard InChI is InChI=1S/C19H18Cl2N4O3/c1-11-6-3-4-8-14(11)23-18(27)19(28)25-24-12(2)10-16(26)22-15-9-5-7-13(20)17(15)21/h3-9H,10H2,1-2H3,(H,22,26)(H,23,27)(H,25,28)/b24-12+. The van der Waals surface area contributed by atoms with E-state index >= 15 is 0 Å². The molecule has 0 aliphatic heterocycles. The summed E-state index contributed by atoms with van der Waals surface area (Å²) in [7, 11) is 0. The summed E-state index contributed by atoms with van der Waals surface area (Å²) in [5.74, 6) is -2.20. The van der Waals surface area contributed by atoms with Gasteiger partial charge in [-0.05, 0) is 37.6 Å². The fraction of sp³-hybridized carbons (Fsp3) is 0.158. The van der Waals surface area contributed by atoms with Gasteiger partial charge in [-0.2, -0.15) is 5.10 Å². The molecule has 146 valence electrons. The predicted octanol–water partition coefficient (Wildman–Crippen LogP) is 3.76. The van der Waals surface area contributed by atoms with Crippen LogP contribution in [0.1, 0.15) is 18.9 Å². The van der Waals surface area contributed by atoms with Crippen molar-refractivity contribution in [1.29, 1.82) is 0 Å². The lowest BCUT2D eigenvalue weighted by atomic mass is 10.2. The number of benzene rings is 2. The average molecular weight is 421 g/mol. The van der Waals surface area contributed by atoms with Gasteiger partial charge in [0.15, 0.2) is 0 Å². The molecule has 3 N–H and O–H groups in total. The van der Waals surface area contributed by atoms with E-state index in [0.717, 1.165) is 5.56 Å². The number of rotatable bonds is 5. The number of anilines is 2. The molecule has 0 aliphatic carbocycles. The van der Waals surface area contributed by atoms with Gasteiger partial charge in [0.05, 0.1) is 22.2 Å². The van der Waals surface area contributed by atoms with E-state index in [4.69, 9.17) is 23.2 Å². The molecule has 0 spiro atoms. The van der Waals surface area contributed by atoms with Crippen molar-refractivity contribution >= 4 is 58.0 Å². The second-order valence-electron chi connectivity index (χ2n) is 5.88. The molecule has 0 bridgehead atoms. The average Bonchev–Trinajstić information content (AvgIpc) is 2.65. The Labute approximate surface area is 172 Å². The van der Waals surface area contributed by atoms with Crippen molar-refractivity contribution in [3.63, 3.8) is 0 Å². The Kier molecular flexibility index (Phi) is 7.54. The summed E-state index contributed by atoms with van der Waals surface area (Å²) in [6, 6.07) is 11.9. The minimum absolute atomic E-state index is 0.109. The number of amides is 3. The van der Waals surface area contributed by atoms with E-state index in [0.29, 0.717) is 22.1 Å². The highest BCUT2D eigenvalue weighted by atomic mass is 35.5. The molecule has 0 aromatic heterocycles. The molecule has 28 heavy (non-hydrogen) atoms. The van der Waals surface area contributed by atoms with Crippen molar-refractivity contribution < 1.29 is 14.4 Å². The zero-order valence-corrected chi connectivity index (χ0v) is 16.7. The van der Waals surface area contributed by atoms with Gasteiger partial charge in [0.25, 0.3) is 0 Å². The predicted molar refractivity (Wildman–Crippen MR) is 111 cm³/mol. The summed E-state index contributed by atoms with van der Waals surface area (Å²) in [4.78, 5) is 35.8. The molecule has 0 atom stereocenters. The summed E-state index contributed by atoms with van der Waals surface area (Å²) in [6.45, 7) is 3.35. The van der Waals surface area contributed by atoms with Crippen molar-refractivity contribution in [3.8, 4) is 0 Å². The van der Waals surface area contributed by atoms with Crippen molar-refractivity contribution in [1.82, 2.24) is 5.43 Å². The van der Waals surface area contributed by atoms with Crippen LogP contribution in [0.25, 0.3) is 0 Å². The third-order valence-electron chi connectivity index (χ3n) is 3.59. The number of hydrogen-bond donors (Lipinski definition) is 3. The summed E-state index contributed by atoms with van der Waals surface area (Å²) in [6.07, 6.45) is -0.109. The molecule has 0 saturated heterocycles. The lowest BCUT2D eigenvalue weighted by Gasteiger charge is -2.08. The summed E-state index contributed by atoms with van der Waals surface area (Å²) < 4.78 is 0. The lowest BCUT2D eigenvalue weighted by Crippen LogP contribution is -2.33. The van der Waals surface area contributed by atoms with Crippen LogP contribution in [0.4, 0.5) is 11.4 Å². The van der Waals surface area contributed by atoms with Gasteiger partial charge in [0, 0.05) is 11.4 Å². The van der Waals surface area contributed by atoms with Crippen LogP contribution in [0.2, 0.25) is 10.0 Å². The number of carbonyl (C=O) groups excluding carboxylic acids is 3. The van der Waals surface area contributed by atoms with Gasteiger partial charge in [0.1, 0.15) is 0 Å². The number of carbonyl (C=O) groups is 3. The Morgan fingerprint density at radius 3 is 2.32 bits per heavy atom. The third kappa shape index (κ3) is 6.07. The molecule has 2 rings (SSSR count). The Balaban J connectivity index is 1.88. The first kappa shape index (κ1) is 21.4. The van der Waals surface area contributed by atoms with Crippen LogP contribution in [0.3, 0.4) is 0 Å². The van der Waals surface area contributed by atoms with Crippen molar-refractivity contribution in [2.75, 3.05) is 10.6 Å². The first-order chi connectivity index (χ1) is 13.3. The first-order valence-corrected chi connectivity index (χ1v) is 8.97. The monoisotopic (exact) mass is 420 g/mol. The number of halogens is 2. The van der Waals surface area contributed by atoms with E-state index in [-0.39, 0.29) is 11.4 Å². The van der Waals surface area contributed by atoms with Crippen LogP contribution >= 0.6 is 23.2 Å². The number of hydrazone groups is 1. The Hall–Kier alpha value is -2.90. The van der Waals surface area contributed by atoms with E-state index in [2.05, 4.69) is 21.2 Å². The van der Waals surface area contributed by atoms with Gasteiger partial charge in [0.2, 0.25) is 5.91 Å². The minimum atomic E-state index is -0.944. The van der Waals surface area contributed by atoms with Gasteiger partial charge < -0.3 is 10.6 Å². The van der Waals surface area contributed by atoms with E-state index in [1.54, 1.807) is 50.2 Å². The molecule has 9 heteroatoms. The van der Waals surface area contributed by atoms with Crippen LogP contribution < -0.4 is 16.1 Å². The highest BCUT2D eigenvalue weighted by Crippen LogP contribution is 2.29. The number of nitrogens with zero attached hydrogens (tertiary/aromatic N) is 1. The van der Waals surface area contributed by atoms with Crippen molar-refractivity contribution in [3.05, 3.63) is 58.1 Å². The molecule has 0 heterocycles. The quantitative estimate of drug-likeness (QED) is 0.389. The second-order valence-corrected chi connectivity index (χ2v) is 6.67. The Bertz CT molecular complexity index is 945. The smallest absolute Gasteiger partial charge is 0.324 e. The molecule has 7 nitrogen and oxygen atoms in total. The first-order valence-electron chi connectivity index (χ1n) is 8.22. The Morgan fingerprint density at radius 2 is 1.61 bits per heavy atom. The summed E-state index contributed by atoms with van der Waals surface area (Å²) >= 11 is 11.9. The molecule has 2 aromatic carbocycles. The van der Waals surface area contributed by atoms with E-state index < -0.39 is 17.7 Å². The molecule has 0 fully saturated rings. The van der Waals surface area contributed by atoms with Gasteiger partial charge >= 0.3 is 11.8 Å². The maximum atomic E-state index is 12.1. The molecule has 0 radical (unpaired) electrons. The fourth-order valence-corrected chi connectivity index (χ4v) is 2.50. The number of nitrogens with one attached hydrogen (secondary N) is 3. The summed E-state index contributed by atoms with van der Waals surface area (Å²) in [5, 5.41) is 9.41. The maximum Gasteiger partial charge on any atom is 0.329 e. The lowest BCUT2D eigenvalue weighted by molar-refractivity contribution is -0.136. The largest absolute Gasteiger partial charge is 0.329 e. The second kappa shape index (κ2) is 9.87. The number of para-hydroxylation sites is 1. The van der Waals surface area contributed by atoms with Crippen LogP contribution in [-0.2, 0) is 14.4 Å². The normalized spacial score (nSPS) is 10.9. The molecule has 0 saturated carbocycles. The van der Waals surface area contributed by atoms with E-state index in [9.17, 15) is 14.4 Å². The van der Waals surface area contributed by atoms with Gasteiger partial charge in [-0.15, -0.1) is 0 Å². The molecular weight excluding hydrogens is 403 g/mol. The molecule has 0 unspecified atom stereocenters. The van der Waals surface area contributed by atoms with Gasteiger partial charge in [-0.25, -0.2) is 5.43 Å². The number of hydrogen-bond acceptors (Lipinski definition) is 4. The van der Waals surface area contributed by atoms with Crippen LogP contribution in [0.5, 0.6) is 0 Å². The topological polar surface area (TPSA) is 99.7 Å². The fourth-order valence-electron chi connectivity index (χ4n) is 2.16. The molecule has 0 aliphatic rings. The summed E-state index contributed by atoms with van der Waals surface area (Å²) in [5.41, 5.74) is 4.14. The van der Waals surface area contributed by atoms with E-state index in [1.807, 2.05) is 6.07 Å². The zero-order chi connectivity index (χ0) is 20.7. The minimum Gasteiger partial charge on any atom is -0.324 e. The highest BCUT2D eigenvalue weighted by Gasteiger charge is 2.15. The zero-order valence-electron chi connectivity index (χ0n) is 15.2. The number of aryl methyl sites for hydroxylation is 1. The molecule has 3 amide bonds. The highest BCUT2D eigenvalue weighted by molar-refractivity contribution is 6.44.